The second-order valence-electron chi connectivity index (χ2n) is 6.44. The van der Waals surface area contributed by atoms with E-state index < -0.39 is 0 Å². The van der Waals surface area contributed by atoms with Crippen molar-refractivity contribution in [1.29, 1.82) is 0 Å². The summed E-state index contributed by atoms with van der Waals surface area (Å²) in [7, 11) is 0. The van der Waals surface area contributed by atoms with E-state index in [2.05, 4.69) is 25.6 Å². The maximum atomic E-state index is 13.0. The Morgan fingerprint density at radius 1 is 1.04 bits per heavy atom. The standard InChI is InChI=1S/C19H19FN6O/c20-15-5-3-14(4-6-15)19-22-24-26(23-19)13-18(27)21-16-7-9-17(10-8-16)25-11-1-2-12-25/h3-10H,1-2,11-13H2,(H,21,27). The highest BCUT2D eigenvalue weighted by atomic mass is 19.1. The highest BCUT2D eigenvalue weighted by Crippen LogP contribution is 2.22. The van der Waals surface area contributed by atoms with Crippen LogP contribution in [0.2, 0.25) is 0 Å². The Morgan fingerprint density at radius 3 is 2.44 bits per heavy atom. The smallest absolute Gasteiger partial charge is 0.248 e. The number of rotatable bonds is 5. The van der Waals surface area contributed by atoms with E-state index in [4.69, 9.17) is 0 Å². The lowest BCUT2D eigenvalue weighted by atomic mass is 10.2. The minimum Gasteiger partial charge on any atom is -0.372 e. The molecule has 27 heavy (non-hydrogen) atoms. The normalized spacial score (nSPS) is 13.7. The minimum atomic E-state index is -0.332. The maximum absolute atomic E-state index is 13.0. The molecule has 1 aromatic heterocycles. The van der Waals surface area contributed by atoms with E-state index in [0.29, 0.717) is 11.4 Å². The van der Waals surface area contributed by atoms with Crippen LogP contribution in [-0.2, 0) is 11.3 Å². The van der Waals surface area contributed by atoms with Gasteiger partial charge in [-0.2, -0.15) is 4.80 Å². The Morgan fingerprint density at radius 2 is 1.74 bits per heavy atom. The molecule has 1 saturated heterocycles. The van der Waals surface area contributed by atoms with Gasteiger partial charge in [0.25, 0.3) is 0 Å². The summed E-state index contributed by atoms with van der Waals surface area (Å²) in [5.74, 6) is -0.231. The third kappa shape index (κ3) is 4.11. The molecule has 2 aromatic carbocycles. The summed E-state index contributed by atoms with van der Waals surface area (Å²) in [6, 6.07) is 13.6. The number of carbonyl (C=O) groups excluding carboxylic acids is 1. The zero-order valence-corrected chi connectivity index (χ0v) is 14.7. The van der Waals surface area contributed by atoms with Gasteiger partial charge in [-0.1, -0.05) is 0 Å². The maximum Gasteiger partial charge on any atom is 0.248 e. The molecule has 1 N–H and O–H groups in total. The topological polar surface area (TPSA) is 75.9 Å². The lowest BCUT2D eigenvalue weighted by molar-refractivity contribution is -0.117. The fourth-order valence-corrected chi connectivity index (χ4v) is 3.08. The number of amides is 1. The third-order valence-corrected chi connectivity index (χ3v) is 4.46. The first-order valence-electron chi connectivity index (χ1n) is 8.86. The summed E-state index contributed by atoms with van der Waals surface area (Å²) in [5, 5.41) is 14.8. The largest absolute Gasteiger partial charge is 0.372 e. The van der Waals surface area contributed by atoms with Gasteiger partial charge in [-0.15, -0.1) is 10.2 Å². The van der Waals surface area contributed by atoms with Crippen LogP contribution < -0.4 is 10.2 Å². The lowest BCUT2D eigenvalue weighted by Gasteiger charge is -2.17. The molecule has 1 aliphatic heterocycles. The van der Waals surface area contributed by atoms with Crippen LogP contribution in [0.1, 0.15) is 12.8 Å². The highest BCUT2D eigenvalue weighted by molar-refractivity contribution is 5.90. The van der Waals surface area contributed by atoms with Crippen molar-refractivity contribution in [2.45, 2.75) is 19.4 Å². The third-order valence-electron chi connectivity index (χ3n) is 4.46. The molecule has 0 unspecified atom stereocenters. The predicted octanol–water partition coefficient (Wildman–Crippen LogP) is 2.72. The quantitative estimate of drug-likeness (QED) is 0.751. The molecule has 0 atom stereocenters. The monoisotopic (exact) mass is 366 g/mol. The first kappa shape index (κ1) is 17.1. The van der Waals surface area contributed by atoms with Gasteiger partial charge < -0.3 is 10.2 Å². The molecule has 1 fully saturated rings. The summed E-state index contributed by atoms with van der Waals surface area (Å²) < 4.78 is 13.0. The second kappa shape index (κ2) is 7.53. The van der Waals surface area contributed by atoms with Crippen molar-refractivity contribution < 1.29 is 9.18 Å². The Kier molecular flexibility index (Phi) is 4.78. The zero-order chi connectivity index (χ0) is 18.6. The molecular weight excluding hydrogens is 347 g/mol. The van der Waals surface area contributed by atoms with Crippen LogP contribution in [0.4, 0.5) is 15.8 Å². The molecule has 4 rings (SSSR count). The fourth-order valence-electron chi connectivity index (χ4n) is 3.08. The van der Waals surface area contributed by atoms with Crippen molar-refractivity contribution >= 4 is 17.3 Å². The van der Waals surface area contributed by atoms with Gasteiger partial charge in [0.2, 0.25) is 11.7 Å². The van der Waals surface area contributed by atoms with Crippen LogP contribution in [-0.4, -0.2) is 39.2 Å². The van der Waals surface area contributed by atoms with E-state index in [1.807, 2.05) is 24.3 Å². The van der Waals surface area contributed by atoms with Crippen LogP contribution in [0.5, 0.6) is 0 Å². The number of tetrazole rings is 1. The van der Waals surface area contributed by atoms with Gasteiger partial charge in [0.15, 0.2) is 0 Å². The van der Waals surface area contributed by atoms with Crippen LogP contribution in [0.25, 0.3) is 11.4 Å². The lowest BCUT2D eigenvalue weighted by Crippen LogP contribution is -2.21. The number of nitrogens with one attached hydrogen (secondary N) is 1. The predicted molar refractivity (Wildman–Crippen MR) is 99.7 cm³/mol. The molecule has 2 heterocycles. The molecule has 1 amide bonds. The SMILES string of the molecule is O=C(Cn1nnc(-c2ccc(F)cc2)n1)Nc1ccc(N2CCCC2)cc1. The molecule has 0 saturated carbocycles. The summed E-state index contributed by atoms with van der Waals surface area (Å²) in [5.41, 5.74) is 2.54. The Hall–Kier alpha value is -3.29. The molecule has 138 valence electrons. The van der Waals surface area contributed by atoms with Crippen molar-refractivity contribution in [3.05, 3.63) is 54.3 Å². The Bertz CT molecular complexity index is 916. The summed E-state index contributed by atoms with van der Waals surface area (Å²) in [6.45, 7) is 2.11. The van der Waals surface area contributed by atoms with Gasteiger partial charge in [-0.3, -0.25) is 4.79 Å². The van der Waals surface area contributed by atoms with E-state index in [1.54, 1.807) is 12.1 Å². The number of hydrogen-bond donors (Lipinski definition) is 1. The Balaban J connectivity index is 1.36. The van der Waals surface area contributed by atoms with Crippen molar-refractivity contribution in [3.63, 3.8) is 0 Å². The van der Waals surface area contributed by atoms with Gasteiger partial charge in [0, 0.05) is 30.0 Å². The van der Waals surface area contributed by atoms with Crippen LogP contribution in [0, 0.1) is 5.82 Å². The molecule has 8 heteroatoms. The number of benzene rings is 2. The number of carbonyl (C=O) groups is 1. The van der Waals surface area contributed by atoms with Crippen molar-refractivity contribution in [3.8, 4) is 11.4 Å². The van der Waals surface area contributed by atoms with E-state index in [1.165, 1.54) is 35.5 Å². The summed E-state index contributed by atoms with van der Waals surface area (Å²) in [6.07, 6.45) is 2.45. The Labute approximate surface area is 155 Å². The fraction of sp³-hybridized carbons (Fsp3) is 0.263. The molecule has 0 aliphatic carbocycles. The minimum absolute atomic E-state index is 0.0535. The van der Waals surface area contributed by atoms with Gasteiger partial charge in [-0.05, 0) is 66.6 Å². The van der Waals surface area contributed by atoms with Gasteiger partial charge in [-0.25, -0.2) is 4.39 Å². The van der Waals surface area contributed by atoms with E-state index in [-0.39, 0.29) is 18.3 Å². The number of hydrogen-bond acceptors (Lipinski definition) is 5. The first-order valence-corrected chi connectivity index (χ1v) is 8.86. The summed E-state index contributed by atoms with van der Waals surface area (Å²) in [4.78, 5) is 15.8. The molecule has 0 bridgehead atoms. The number of halogens is 1. The molecular formula is C19H19FN6O. The van der Waals surface area contributed by atoms with Crippen LogP contribution >= 0.6 is 0 Å². The van der Waals surface area contributed by atoms with E-state index in [0.717, 1.165) is 18.8 Å². The molecule has 1 aliphatic rings. The van der Waals surface area contributed by atoms with Crippen LogP contribution in [0.15, 0.2) is 48.5 Å². The number of anilines is 2. The average Bonchev–Trinajstić information content (AvgIpc) is 3.35. The molecule has 0 radical (unpaired) electrons. The van der Waals surface area contributed by atoms with Crippen molar-refractivity contribution in [1.82, 2.24) is 20.2 Å². The van der Waals surface area contributed by atoms with Gasteiger partial charge >= 0.3 is 0 Å². The second-order valence-corrected chi connectivity index (χ2v) is 6.44. The van der Waals surface area contributed by atoms with Gasteiger partial charge in [0.05, 0.1) is 0 Å². The highest BCUT2D eigenvalue weighted by Gasteiger charge is 2.13. The van der Waals surface area contributed by atoms with Crippen molar-refractivity contribution in [2.24, 2.45) is 0 Å². The molecule has 0 spiro atoms. The first-order chi connectivity index (χ1) is 13.2. The van der Waals surface area contributed by atoms with Gasteiger partial charge in [0.1, 0.15) is 12.4 Å². The zero-order valence-electron chi connectivity index (χ0n) is 14.7. The average molecular weight is 366 g/mol. The van der Waals surface area contributed by atoms with Crippen LogP contribution in [0.3, 0.4) is 0 Å². The van der Waals surface area contributed by atoms with E-state index in [9.17, 15) is 9.18 Å². The number of aromatic nitrogens is 4. The molecule has 3 aromatic rings. The number of nitrogens with zero attached hydrogens (tertiary/aromatic N) is 5. The molecule has 7 nitrogen and oxygen atoms in total. The van der Waals surface area contributed by atoms with Crippen molar-refractivity contribution in [2.75, 3.05) is 23.3 Å². The van der Waals surface area contributed by atoms with E-state index >= 15 is 0 Å². The summed E-state index contributed by atoms with van der Waals surface area (Å²) >= 11 is 0.